The fraction of sp³-hybridized carbons (Fsp3) is 0.0323. The molecule has 0 heterocycles. The van der Waals surface area contributed by atoms with E-state index in [1.54, 1.807) is 0 Å². The molecule has 0 atom stereocenters. The van der Waals surface area contributed by atoms with E-state index in [2.05, 4.69) is 115 Å². The predicted molar refractivity (Wildman–Crippen MR) is 134 cm³/mol. The Balaban J connectivity index is 1.78. The Hall–Kier alpha value is -3.61. The first-order valence-electron chi connectivity index (χ1n) is 10.9. The van der Waals surface area contributed by atoms with E-state index in [0.29, 0.717) is 0 Å². The molecule has 6 rings (SSSR count). The Morgan fingerprint density at radius 3 is 1.72 bits per heavy atom. The summed E-state index contributed by atoms with van der Waals surface area (Å²) in [5, 5.41) is 0.753. The second kappa shape index (κ2) is 7.51. The van der Waals surface area contributed by atoms with Crippen LogP contribution in [0.1, 0.15) is 22.3 Å². The standard InChI is InChI=1S/C31H21Cl/c32-25-16-9-11-22(21-25)26-18-10-20-29-30(26)27-17-7-8-19-28(27)31(29,23-12-3-1-4-13-23)24-14-5-2-6-15-24/h1-21H. The van der Waals surface area contributed by atoms with Gasteiger partial charge in [-0.2, -0.15) is 0 Å². The average molecular weight is 429 g/mol. The Bertz CT molecular complexity index is 1380. The van der Waals surface area contributed by atoms with Crippen molar-refractivity contribution in [3.05, 3.63) is 155 Å². The second-order valence-corrected chi connectivity index (χ2v) is 8.70. The van der Waals surface area contributed by atoms with Crippen molar-refractivity contribution >= 4 is 11.6 Å². The Morgan fingerprint density at radius 1 is 0.469 bits per heavy atom. The maximum Gasteiger partial charge on any atom is 0.0713 e. The summed E-state index contributed by atoms with van der Waals surface area (Å²) in [5.74, 6) is 0. The SMILES string of the molecule is Clc1cccc(-c2cccc3c2-c2ccccc2C3(c2ccccc2)c2ccccc2)c1. The van der Waals surface area contributed by atoms with Gasteiger partial charge < -0.3 is 0 Å². The van der Waals surface area contributed by atoms with Gasteiger partial charge in [-0.3, -0.25) is 0 Å². The molecule has 0 spiro atoms. The van der Waals surface area contributed by atoms with Gasteiger partial charge in [-0.25, -0.2) is 0 Å². The van der Waals surface area contributed by atoms with Crippen molar-refractivity contribution in [2.75, 3.05) is 0 Å². The molecule has 32 heavy (non-hydrogen) atoms. The highest BCUT2D eigenvalue weighted by atomic mass is 35.5. The summed E-state index contributed by atoms with van der Waals surface area (Å²) in [5.41, 5.74) is 9.75. The molecule has 0 unspecified atom stereocenters. The van der Waals surface area contributed by atoms with E-state index in [1.807, 2.05) is 12.1 Å². The number of hydrogen-bond acceptors (Lipinski definition) is 0. The highest BCUT2D eigenvalue weighted by Gasteiger charge is 2.46. The minimum absolute atomic E-state index is 0.372. The van der Waals surface area contributed by atoms with Gasteiger partial charge in [0.2, 0.25) is 0 Å². The van der Waals surface area contributed by atoms with Crippen LogP contribution in [0.2, 0.25) is 5.02 Å². The second-order valence-electron chi connectivity index (χ2n) is 8.27. The van der Waals surface area contributed by atoms with Gasteiger partial charge in [0.05, 0.1) is 5.41 Å². The van der Waals surface area contributed by atoms with E-state index in [0.717, 1.165) is 10.6 Å². The molecule has 0 fully saturated rings. The lowest BCUT2D eigenvalue weighted by Crippen LogP contribution is -2.28. The normalized spacial score (nSPS) is 13.4. The van der Waals surface area contributed by atoms with Crippen molar-refractivity contribution in [3.8, 4) is 22.3 Å². The Labute approximate surface area is 193 Å². The molecule has 1 heteroatoms. The van der Waals surface area contributed by atoms with Crippen LogP contribution < -0.4 is 0 Å². The molecule has 0 nitrogen and oxygen atoms in total. The van der Waals surface area contributed by atoms with Crippen LogP contribution in [0.15, 0.2) is 127 Å². The van der Waals surface area contributed by atoms with Gasteiger partial charge in [-0.05, 0) is 56.6 Å². The van der Waals surface area contributed by atoms with Crippen molar-refractivity contribution in [2.45, 2.75) is 5.41 Å². The number of halogens is 1. The molecule has 0 bridgehead atoms. The van der Waals surface area contributed by atoms with Crippen molar-refractivity contribution in [2.24, 2.45) is 0 Å². The zero-order valence-electron chi connectivity index (χ0n) is 17.5. The maximum atomic E-state index is 6.39. The molecule has 0 saturated carbocycles. The molecule has 0 aliphatic heterocycles. The van der Waals surface area contributed by atoms with Crippen LogP contribution in [-0.4, -0.2) is 0 Å². The summed E-state index contributed by atoms with van der Waals surface area (Å²) in [6, 6.07) is 45.5. The minimum atomic E-state index is -0.372. The lowest BCUT2D eigenvalue weighted by Gasteiger charge is -2.34. The first kappa shape index (κ1) is 19.1. The average Bonchev–Trinajstić information content (AvgIpc) is 3.16. The third-order valence-electron chi connectivity index (χ3n) is 6.62. The zero-order chi connectivity index (χ0) is 21.5. The van der Waals surface area contributed by atoms with Gasteiger partial charge >= 0.3 is 0 Å². The number of hydrogen-bond donors (Lipinski definition) is 0. The summed E-state index contributed by atoms with van der Waals surface area (Å²) in [6.07, 6.45) is 0. The minimum Gasteiger partial charge on any atom is -0.0843 e. The summed E-state index contributed by atoms with van der Waals surface area (Å²) in [7, 11) is 0. The number of benzene rings is 5. The van der Waals surface area contributed by atoms with E-state index >= 15 is 0 Å². The topological polar surface area (TPSA) is 0 Å². The maximum absolute atomic E-state index is 6.39. The van der Waals surface area contributed by atoms with Crippen molar-refractivity contribution < 1.29 is 0 Å². The molecule has 0 saturated heterocycles. The van der Waals surface area contributed by atoms with Gasteiger partial charge in [0.25, 0.3) is 0 Å². The van der Waals surface area contributed by atoms with Crippen molar-refractivity contribution in [3.63, 3.8) is 0 Å². The van der Waals surface area contributed by atoms with Crippen molar-refractivity contribution in [1.82, 2.24) is 0 Å². The molecule has 5 aromatic carbocycles. The Kier molecular flexibility index (Phi) is 4.48. The first-order valence-corrected chi connectivity index (χ1v) is 11.3. The van der Waals surface area contributed by atoms with Gasteiger partial charge in [-0.15, -0.1) is 0 Å². The summed E-state index contributed by atoms with van der Waals surface area (Å²) in [6.45, 7) is 0. The molecule has 1 aliphatic carbocycles. The Morgan fingerprint density at radius 2 is 1.03 bits per heavy atom. The summed E-state index contributed by atoms with van der Waals surface area (Å²) in [4.78, 5) is 0. The van der Waals surface area contributed by atoms with E-state index in [9.17, 15) is 0 Å². The van der Waals surface area contributed by atoms with E-state index < -0.39 is 0 Å². The van der Waals surface area contributed by atoms with E-state index in [-0.39, 0.29) is 5.41 Å². The summed E-state index contributed by atoms with van der Waals surface area (Å²) < 4.78 is 0. The van der Waals surface area contributed by atoms with Crippen LogP contribution in [0.25, 0.3) is 22.3 Å². The fourth-order valence-electron chi connectivity index (χ4n) is 5.39. The molecule has 0 aromatic heterocycles. The van der Waals surface area contributed by atoms with Crippen LogP contribution in [0.4, 0.5) is 0 Å². The molecule has 0 radical (unpaired) electrons. The van der Waals surface area contributed by atoms with Gasteiger partial charge in [-0.1, -0.05) is 127 Å². The van der Waals surface area contributed by atoms with E-state index in [4.69, 9.17) is 11.6 Å². The largest absolute Gasteiger partial charge is 0.0843 e. The van der Waals surface area contributed by atoms with Crippen LogP contribution >= 0.6 is 11.6 Å². The lowest BCUT2D eigenvalue weighted by molar-refractivity contribution is 0.768. The van der Waals surface area contributed by atoms with Crippen LogP contribution in [0.5, 0.6) is 0 Å². The highest BCUT2D eigenvalue weighted by molar-refractivity contribution is 6.30. The zero-order valence-corrected chi connectivity index (χ0v) is 18.3. The quantitative estimate of drug-likeness (QED) is 0.265. The number of fused-ring (bicyclic) bond motifs is 3. The smallest absolute Gasteiger partial charge is 0.0713 e. The number of rotatable bonds is 3. The third kappa shape index (κ3) is 2.70. The van der Waals surface area contributed by atoms with E-state index in [1.165, 1.54) is 38.9 Å². The van der Waals surface area contributed by atoms with Crippen LogP contribution in [0, 0.1) is 0 Å². The molecular formula is C31H21Cl. The first-order chi connectivity index (χ1) is 15.8. The molecule has 0 N–H and O–H groups in total. The predicted octanol–water partition coefficient (Wildman–Crippen LogP) is 8.37. The monoisotopic (exact) mass is 428 g/mol. The molecule has 152 valence electrons. The van der Waals surface area contributed by atoms with Gasteiger partial charge in [0.1, 0.15) is 0 Å². The fourth-order valence-corrected chi connectivity index (χ4v) is 5.58. The van der Waals surface area contributed by atoms with Gasteiger partial charge in [0.15, 0.2) is 0 Å². The third-order valence-corrected chi connectivity index (χ3v) is 6.85. The highest BCUT2D eigenvalue weighted by Crippen LogP contribution is 2.58. The summed E-state index contributed by atoms with van der Waals surface area (Å²) >= 11 is 6.39. The van der Waals surface area contributed by atoms with Gasteiger partial charge in [0, 0.05) is 5.02 Å². The molecule has 1 aliphatic rings. The molecule has 5 aromatic rings. The van der Waals surface area contributed by atoms with Crippen LogP contribution in [-0.2, 0) is 5.41 Å². The van der Waals surface area contributed by atoms with Crippen LogP contribution in [0.3, 0.4) is 0 Å². The van der Waals surface area contributed by atoms with Crippen molar-refractivity contribution in [1.29, 1.82) is 0 Å². The molecule has 0 amide bonds. The molecular weight excluding hydrogens is 408 g/mol. The lowest BCUT2D eigenvalue weighted by atomic mass is 9.67.